The molecule has 1 heterocycles. The van der Waals surface area contributed by atoms with E-state index >= 15 is 0 Å². The summed E-state index contributed by atoms with van der Waals surface area (Å²) in [7, 11) is 1.63. The van der Waals surface area contributed by atoms with E-state index in [0.29, 0.717) is 16.4 Å². The summed E-state index contributed by atoms with van der Waals surface area (Å²) in [5, 5.41) is 0.295. The van der Waals surface area contributed by atoms with E-state index in [1.165, 1.54) is 11.8 Å². The Morgan fingerprint density at radius 1 is 1.24 bits per heavy atom. The molecular formula is C16H19N3OS. The highest BCUT2D eigenvalue weighted by Crippen LogP contribution is 2.26. The quantitative estimate of drug-likeness (QED) is 0.509. The van der Waals surface area contributed by atoms with Crippen molar-refractivity contribution in [3.8, 4) is 11.3 Å². The van der Waals surface area contributed by atoms with Crippen LogP contribution in [0.5, 0.6) is 0 Å². The summed E-state index contributed by atoms with van der Waals surface area (Å²) in [5.41, 5.74) is 2.99. The monoisotopic (exact) mass is 301 g/mol. The summed E-state index contributed by atoms with van der Waals surface area (Å²) < 4.78 is 0. The zero-order chi connectivity index (χ0) is 15.6. The van der Waals surface area contributed by atoms with Gasteiger partial charge in [0, 0.05) is 18.8 Å². The first-order valence-electron chi connectivity index (χ1n) is 6.69. The van der Waals surface area contributed by atoms with E-state index in [2.05, 4.69) is 60.5 Å². The number of aliphatic imine (C=N–C) groups is 1. The van der Waals surface area contributed by atoms with Gasteiger partial charge in [0.1, 0.15) is 0 Å². The van der Waals surface area contributed by atoms with Crippen molar-refractivity contribution in [3.05, 3.63) is 45.7 Å². The predicted molar refractivity (Wildman–Crippen MR) is 89.8 cm³/mol. The normalized spacial score (nSPS) is 12.0. The van der Waals surface area contributed by atoms with Gasteiger partial charge >= 0.3 is 0 Å². The van der Waals surface area contributed by atoms with Crippen LogP contribution in [0.3, 0.4) is 0 Å². The summed E-state index contributed by atoms with van der Waals surface area (Å²) >= 11 is 4.14. The molecule has 5 heteroatoms. The number of benzene rings is 1. The average molecular weight is 301 g/mol. The van der Waals surface area contributed by atoms with Gasteiger partial charge in [0.15, 0.2) is 5.16 Å². The Morgan fingerprint density at radius 2 is 1.86 bits per heavy atom. The third kappa shape index (κ3) is 3.42. The Balaban J connectivity index is 2.59. The first-order valence-corrected chi connectivity index (χ1v) is 7.14. The van der Waals surface area contributed by atoms with Crippen LogP contribution in [0, 0.1) is 0 Å². The topological polar surface area (TPSA) is 58.1 Å². The largest absolute Gasteiger partial charge is 0.301 e. The van der Waals surface area contributed by atoms with Gasteiger partial charge in [-0.3, -0.25) is 9.79 Å². The molecule has 0 saturated heterocycles. The first kappa shape index (κ1) is 15.5. The molecule has 0 saturated carbocycles. The lowest BCUT2D eigenvalue weighted by Crippen LogP contribution is -2.16. The number of nitrogens with zero attached hydrogens (tertiary/aromatic N) is 2. The van der Waals surface area contributed by atoms with Gasteiger partial charge in [-0.05, 0) is 11.0 Å². The van der Waals surface area contributed by atoms with Gasteiger partial charge in [-0.25, -0.2) is 4.98 Å². The number of thiol groups is 1. The molecule has 1 aromatic heterocycles. The molecule has 110 valence electrons. The number of nitrogens with one attached hydrogen (secondary N) is 1. The standard InChI is InChI=1S/C16H19N3OS/c1-16(2,3)11-7-5-10(6-8-11)13-12(9-17-4)14(20)19-15(21)18-13/h5-9H,1-4H3,(H2,18,19,20,21)/b17-9+. The molecule has 0 spiro atoms. The minimum absolute atomic E-state index is 0.0858. The van der Waals surface area contributed by atoms with Crippen molar-refractivity contribution in [2.24, 2.45) is 4.99 Å². The number of H-pyrrole nitrogens is 1. The van der Waals surface area contributed by atoms with Crippen LogP contribution in [0.25, 0.3) is 11.3 Å². The van der Waals surface area contributed by atoms with Crippen molar-refractivity contribution in [2.75, 3.05) is 7.05 Å². The lowest BCUT2D eigenvalue weighted by atomic mass is 9.86. The minimum Gasteiger partial charge on any atom is -0.301 e. The summed E-state index contributed by atoms with van der Waals surface area (Å²) in [6.07, 6.45) is 1.52. The molecular weight excluding hydrogens is 282 g/mol. The maximum absolute atomic E-state index is 12.0. The van der Waals surface area contributed by atoms with Crippen molar-refractivity contribution < 1.29 is 0 Å². The fraction of sp³-hybridized carbons (Fsp3) is 0.312. The highest BCUT2D eigenvalue weighted by Gasteiger charge is 2.15. The molecule has 0 atom stereocenters. The van der Waals surface area contributed by atoms with E-state index in [1.54, 1.807) is 7.05 Å². The second kappa shape index (κ2) is 5.85. The second-order valence-corrected chi connectivity index (χ2v) is 6.29. The second-order valence-electron chi connectivity index (χ2n) is 5.87. The molecule has 21 heavy (non-hydrogen) atoms. The Bertz CT molecular complexity index is 725. The van der Waals surface area contributed by atoms with E-state index in [1.807, 2.05) is 12.1 Å². The maximum atomic E-state index is 12.0. The molecule has 2 rings (SSSR count). The van der Waals surface area contributed by atoms with Gasteiger partial charge in [0.2, 0.25) is 0 Å². The lowest BCUT2D eigenvalue weighted by molar-refractivity contribution is 0.590. The van der Waals surface area contributed by atoms with Crippen LogP contribution < -0.4 is 5.56 Å². The zero-order valence-electron chi connectivity index (χ0n) is 12.6. The van der Waals surface area contributed by atoms with Gasteiger partial charge in [-0.2, -0.15) is 0 Å². The molecule has 0 unspecified atom stereocenters. The summed E-state index contributed by atoms with van der Waals surface area (Å²) in [4.78, 5) is 22.9. The molecule has 0 fully saturated rings. The number of rotatable bonds is 2. The summed E-state index contributed by atoms with van der Waals surface area (Å²) in [6.45, 7) is 6.48. The average Bonchev–Trinajstić information content (AvgIpc) is 2.41. The highest BCUT2D eigenvalue weighted by atomic mass is 32.1. The van der Waals surface area contributed by atoms with Gasteiger partial charge in [0.05, 0.1) is 11.3 Å². The van der Waals surface area contributed by atoms with Crippen LogP contribution >= 0.6 is 12.6 Å². The number of aromatic nitrogens is 2. The van der Waals surface area contributed by atoms with Crippen LogP contribution in [-0.2, 0) is 5.41 Å². The third-order valence-corrected chi connectivity index (χ3v) is 3.44. The van der Waals surface area contributed by atoms with Crippen LogP contribution in [0.2, 0.25) is 0 Å². The highest BCUT2D eigenvalue weighted by molar-refractivity contribution is 7.80. The molecule has 1 aromatic carbocycles. The van der Waals surface area contributed by atoms with E-state index in [9.17, 15) is 4.79 Å². The molecule has 2 aromatic rings. The van der Waals surface area contributed by atoms with Gasteiger partial charge < -0.3 is 4.98 Å². The van der Waals surface area contributed by atoms with Crippen LogP contribution in [0.15, 0.2) is 39.2 Å². The number of hydrogen-bond acceptors (Lipinski definition) is 4. The lowest BCUT2D eigenvalue weighted by Gasteiger charge is -2.19. The predicted octanol–water partition coefficient (Wildman–Crippen LogP) is 3.07. The Labute approximate surface area is 129 Å². The third-order valence-electron chi connectivity index (χ3n) is 3.23. The fourth-order valence-electron chi connectivity index (χ4n) is 2.07. The molecule has 0 aliphatic carbocycles. The van der Waals surface area contributed by atoms with E-state index in [-0.39, 0.29) is 11.0 Å². The van der Waals surface area contributed by atoms with Gasteiger partial charge in [-0.15, -0.1) is 12.6 Å². The SMILES string of the molecule is C/N=C/c1c(-c2ccc(C(C)(C)C)cc2)nc(S)[nH]c1=O. The van der Waals surface area contributed by atoms with Crippen molar-refractivity contribution in [1.82, 2.24) is 9.97 Å². The van der Waals surface area contributed by atoms with E-state index in [0.717, 1.165) is 5.56 Å². The van der Waals surface area contributed by atoms with Crippen molar-refractivity contribution >= 4 is 18.8 Å². The molecule has 4 nitrogen and oxygen atoms in total. The van der Waals surface area contributed by atoms with Crippen LogP contribution in [0.1, 0.15) is 31.9 Å². The van der Waals surface area contributed by atoms with Crippen LogP contribution in [-0.4, -0.2) is 23.2 Å². The Morgan fingerprint density at radius 3 is 2.38 bits per heavy atom. The van der Waals surface area contributed by atoms with Crippen LogP contribution in [0.4, 0.5) is 0 Å². The molecule has 0 aliphatic rings. The smallest absolute Gasteiger partial charge is 0.260 e. The van der Waals surface area contributed by atoms with Crippen molar-refractivity contribution in [2.45, 2.75) is 31.3 Å². The zero-order valence-corrected chi connectivity index (χ0v) is 13.5. The summed E-state index contributed by atoms with van der Waals surface area (Å²) in [6, 6.07) is 8.07. The number of aromatic amines is 1. The van der Waals surface area contributed by atoms with Crippen molar-refractivity contribution in [3.63, 3.8) is 0 Å². The Kier molecular flexibility index (Phi) is 4.32. The van der Waals surface area contributed by atoms with E-state index < -0.39 is 0 Å². The first-order chi connectivity index (χ1) is 9.82. The molecule has 0 bridgehead atoms. The summed E-state index contributed by atoms with van der Waals surface area (Å²) in [5.74, 6) is 0. The minimum atomic E-state index is -0.240. The van der Waals surface area contributed by atoms with Gasteiger partial charge in [0.25, 0.3) is 5.56 Å². The Hall–Kier alpha value is -1.88. The molecule has 0 radical (unpaired) electrons. The molecule has 0 aliphatic heterocycles. The fourth-order valence-corrected chi connectivity index (χ4v) is 2.27. The van der Waals surface area contributed by atoms with Crippen molar-refractivity contribution in [1.29, 1.82) is 0 Å². The molecule has 1 N–H and O–H groups in total. The van der Waals surface area contributed by atoms with E-state index in [4.69, 9.17) is 0 Å². The molecule has 0 amide bonds. The maximum Gasteiger partial charge on any atom is 0.260 e. The number of hydrogen-bond donors (Lipinski definition) is 2. The van der Waals surface area contributed by atoms with Gasteiger partial charge in [-0.1, -0.05) is 45.0 Å².